The molecule has 1 heterocycles. The molecule has 0 bridgehead atoms. The van der Waals surface area contributed by atoms with Gasteiger partial charge in [-0.15, -0.1) is 11.8 Å². The van der Waals surface area contributed by atoms with Crippen LogP contribution in [-0.4, -0.2) is 23.8 Å². The van der Waals surface area contributed by atoms with E-state index >= 15 is 0 Å². The fraction of sp³-hybridized carbons (Fsp3) is 0.200. The van der Waals surface area contributed by atoms with E-state index in [0.717, 1.165) is 5.03 Å². The number of carbonyl (C=O) groups is 1. The lowest BCUT2D eigenvalue weighted by atomic mass is 10.4. The predicted molar refractivity (Wildman–Crippen MR) is 56.1 cm³/mol. The molecule has 0 amide bonds. The lowest BCUT2D eigenvalue weighted by molar-refractivity contribution is -0.135. The number of rotatable bonds is 4. The van der Waals surface area contributed by atoms with Crippen LogP contribution < -0.4 is 0 Å². The van der Waals surface area contributed by atoms with Gasteiger partial charge in [-0.3, -0.25) is 0 Å². The summed E-state index contributed by atoms with van der Waals surface area (Å²) in [6, 6.07) is 5.63. The van der Waals surface area contributed by atoms with Gasteiger partial charge in [0, 0.05) is 17.5 Å². The van der Waals surface area contributed by atoms with Gasteiger partial charge in [-0.25, -0.2) is 9.78 Å². The summed E-state index contributed by atoms with van der Waals surface area (Å²) in [5.41, 5.74) is 0.447. The maximum Gasteiger partial charge on any atom is 0.333 e. The van der Waals surface area contributed by atoms with Crippen LogP contribution in [-0.2, 0) is 9.53 Å². The number of hydrogen-bond acceptors (Lipinski definition) is 4. The van der Waals surface area contributed by atoms with Gasteiger partial charge in [0.2, 0.25) is 0 Å². The van der Waals surface area contributed by atoms with E-state index in [1.54, 1.807) is 6.20 Å². The topological polar surface area (TPSA) is 39.2 Å². The molecule has 74 valence electrons. The third-order valence-electron chi connectivity index (χ3n) is 1.51. The van der Waals surface area contributed by atoms with Gasteiger partial charge in [0.25, 0.3) is 0 Å². The van der Waals surface area contributed by atoms with Crippen LogP contribution in [0, 0.1) is 0 Å². The summed E-state index contributed by atoms with van der Waals surface area (Å²) < 4.78 is 4.53. The summed E-state index contributed by atoms with van der Waals surface area (Å²) in [6.07, 6.45) is 1.71. The van der Waals surface area contributed by atoms with Gasteiger partial charge >= 0.3 is 5.97 Å². The first-order valence-corrected chi connectivity index (χ1v) is 5.02. The first kappa shape index (κ1) is 10.8. The molecule has 4 heteroatoms. The Morgan fingerprint density at radius 3 is 3.00 bits per heavy atom. The van der Waals surface area contributed by atoms with Gasteiger partial charge in [0.1, 0.15) is 0 Å². The molecule has 0 aromatic carbocycles. The molecule has 0 spiro atoms. The van der Waals surface area contributed by atoms with Crippen molar-refractivity contribution in [1.29, 1.82) is 0 Å². The third-order valence-corrected chi connectivity index (χ3v) is 2.54. The zero-order valence-electron chi connectivity index (χ0n) is 7.90. The molecule has 1 aromatic heterocycles. The van der Waals surface area contributed by atoms with Gasteiger partial charge in [0.15, 0.2) is 0 Å². The van der Waals surface area contributed by atoms with Crippen molar-refractivity contribution in [3.63, 3.8) is 0 Å². The summed E-state index contributed by atoms with van der Waals surface area (Å²) in [6.45, 7) is 3.62. The van der Waals surface area contributed by atoms with Crippen molar-refractivity contribution in [2.45, 2.75) is 5.03 Å². The Morgan fingerprint density at radius 1 is 1.64 bits per heavy atom. The van der Waals surface area contributed by atoms with Gasteiger partial charge in [-0.1, -0.05) is 12.6 Å². The molecule has 0 saturated carbocycles. The second-order valence-electron chi connectivity index (χ2n) is 2.55. The highest BCUT2D eigenvalue weighted by Crippen LogP contribution is 2.16. The molecule has 0 radical (unpaired) electrons. The molecular weight excluding hydrogens is 198 g/mol. The largest absolute Gasteiger partial charge is 0.466 e. The van der Waals surface area contributed by atoms with Gasteiger partial charge in [-0.2, -0.15) is 0 Å². The van der Waals surface area contributed by atoms with E-state index in [4.69, 9.17) is 0 Å². The van der Waals surface area contributed by atoms with E-state index in [1.165, 1.54) is 18.9 Å². The Balaban J connectivity index is 2.42. The van der Waals surface area contributed by atoms with Crippen molar-refractivity contribution in [1.82, 2.24) is 4.98 Å². The SMILES string of the molecule is C=C(CSc1ccccn1)C(=O)OC. The highest BCUT2D eigenvalue weighted by Gasteiger charge is 2.06. The van der Waals surface area contributed by atoms with Crippen LogP contribution in [0.25, 0.3) is 0 Å². The quantitative estimate of drug-likeness (QED) is 0.431. The number of thioether (sulfide) groups is 1. The second-order valence-corrected chi connectivity index (χ2v) is 3.55. The molecule has 0 unspecified atom stereocenters. The average molecular weight is 209 g/mol. The van der Waals surface area contributed by atoms with E-state index in [-0.39, 0.29) is 5.97 Å². The highest BCUT2D eigenvalue weighted by atomic mass is 32.2. The number of aromatic nitrogens is 1. The van der Waals surface area contributed by atoms with Gasteiger partial charge in [-0.05, 0) is 12.1 Å². The zero-order chi connectivity index (χ0) is 10.4. The van der Waals surface area contributed by atoms with E-state index < -0.39 is 0 Å². The number of esters is 1. The molecule has 0 aliphatic carbocycles. The third kappa shape index (κ3) is 3.22. The molecule has 0 aliphatic heterocycles. The standard InChI is InChI=1S/C10H11NO2S/c1-8(10(12)13-2)7-14-9-5-3-4-6-11-9/h3-6H,1,7H2,2H3. The smallest absolute Gasteiger partial charge is 0.333 e. The monoisotopic (exact) mass is 209 g/mol. The molecule has 0 fully saturated rings. The maximum absolute atomic E-state index is 11.0. The summed E-state index contributed by atoms with van der Waals surface area (Å²) in [4.78, 5) is 15.1. The first-order valence-electron chi connectivity index (χ1n) is 4.04. The summed E-state index contributed by atoms with van der Waals surface area (Å²) >= 11 is 1.46. The fourth-order valence-corrected chi connectivity index (χ4v) is 1.55. The minimum atomic E-state index is -0.367. The van der Waals surface area contributed by atoms with Crippen molar-refractivity contribution in [2.75, 3.05) is 12.9 Å². The van der Waals surface area contributed by atoms with Crippen LogP contribution in [0.4, 0.5) is 0 Å². The van der Waals surface area contributed by atoms with E-state index in [1.807, 2.05) is 18.2 Å². The Hall–Kier alpha value is -1.29. The predicted octanol–water partition coefficient (Wildman–Crippen LogP) is 1.90. The Kier molecular flexibility index (Phi) is 4.19. The number of nitrogens with zero attached hydrogens (tertiary/aromatic N) is 1. The maximum atomic E-state index is 11.0. The highest BCUT2D eigenvalue weighted by molar-refractivity contribution is 7.99. The number of ether oxygens (including phenoxy) is 1. The van der Waals surface area contributed by atoms with Crippen molar-refractivity contribution in [3.05, 3.63) is 36.5 Å². The molecular formula is C10H11NO2S. The summed E-state index contributed by atoms with van der Waals surface area (Å²) in [5, 5.41) is 0.873. The van der Waals surface area contributed by atoms with E-state index in [0.29, 0.717) is 11.3 Å². The normalized spacial score (nSPS) is 9.50. The van der Waals surface area contributed by atoms with Crippen molar-refractivity contribution in [2.24, 2.45) is 0 Å². The zero-order valence-corrected chi connectivity index (χ0v) is 8.71. The Bertz CT molecular complexity index is 324. The van der Waals surface area contributed by atoms with Crippen LogP contribution in [0.1, 0.15) is 0 Å². The fourth-order valence-electron chi connectivity index (χ4n) is 0.797. The summed E-state index contributed by atoms with van der Waals surface area (Å²) in [7, 11) is 1.35. The van der Waals surface area contributed by atoms with E-state index in [2.05, 4.69) is 16.3 Å². The molecule has 3 nitrogen and oxygen atoms in total. The van der Waals surface area contributed by atoms with Gasteiger partial charge in [0.05, 0.1) is 12.1 Å². The first-order chi connectivity index (χ1) is 6.74. The number of pyridine rings is 1. The van der Waals surface area contributed by atoms with Crippen LogP contribution in [0.15, 0.2) is 41.6 Å². The molecule has 0 N–H and O–H groups in total. The average Bonchev–Trinajstić information content (AvgIpc) is 2.26. The lowest BCUT2D eigenvalue weighted by Crippen LogP contribution is -2.05. The Morgan fingerprint density at radius 2 is 2.43 bits per heavy atom. The van der Waals surface area contributed by atoms with Crippen molar-refractivity contribution in [3.8, 4) is 0 Å². The van der Waals surface area contributed by atoms with Crippen molar-refractivity contribution >= 4 is 17.7 Å². The minimum absolute atomic E-state index is 0.367. The second kappa shape index (κ2) is 5.44. The molecule has 1 aromatic rings. The van der Waals surface area contributed by atoms with Gasteiger partial charge < -0.3 is 4.74 Å². The van der Waals surface area contributed by atoms with Crippen LogP contribution in [0.2, 0.25) is 0 Å². The number of carbonyl (C=O) groups excluding carboxylic acids is 1. The van der Waals surface area contributed by atoms with E-state index in [9.17, 15) is 4.79 Å². The number of methoxy groups -OCH3 is 1. The molecule has 0 aliphatic rings. The molecule has 1 rings (SSSR count). The van der Waals surface area contributed by atoms with Crippen molar-refractivity contribution < 1.29 is 9.53 Å². The molecule has 14 heavy (non-hydrogen) atoms. The number of hydrogen-bond donors (Lipinski definition) is 0. The lowest BCUT2D eigenvalue weighted by Gasteiger charge is -2.02. The molecule has 0 atom stereocenters. The van der Waals surface area contributed by atoms with Crippen LogP contribution in [0.5, 0.6) is 0 Å². The summed E-state index contributed by atoms with van der Waals surface area (Å²) in [5.74, 6) is 0.136. The van der Waals surface area contributed by atoms with Crippen LogP contribution in [0.3, 0.4) is 0 Å². The van der Waals surface area contributed by atoms with Crippen LogP contribution >= 0.6 is 11.8 Å². The Labute approximate surface area is 87.2 Å². The molecule has 0 saturated heterocycles. The minimum Gasteiger partial charge on any atom is -0.466 e.